The van der Waals surface area contributed by atoms with E-state index >= 15 is 0 Å². The molecular formula is C14H17Br2NO2. The smallest absolute Gasteiger partial charge is 0.251 e. The maximum absolute atomic E-state index is 12.0. The van der Waals surface area contributed by atoms with E-state index in [0.717, 1.165) is 34.8 Å². The molecule has 5 heteroatoms. The van der Waals surface area contributed by atoms with E-state index in [-0.39, 0.29) is 5.91 Å². The summed E-state index contributed by atoms with van der Waals surface area (Å²) >= 11 is 6.76. The van der Waals surface area contributed by atoms with E-state index in [4.69, 9.17) is 4.74 Å². The fourth-order valence-corrected chi connectivity index (χ4v) is 3.46. The Kier molecular flexibility index (Phi) is 5.85. The van der Waals surface area contributed by atoms with Crippen LogP contribution < -0.4 is 5.32 Å². The normalized spacial score (nSPS) is 19.2. The summed E-state index contributed by atoms with van der Waals surface area (Å²) in [4.78, 5) is 12.0. The van der Waals surface area contributed by atoms with Gasteiger partial charge in [0.2, 0.25) is 0 Å². The van der Waals surface area contributed by atoms with Crippen molar-refractivity contribution in [2.24, 2.45) is 0 Å². The van der Waals surface area contributed by atoms with Crippen LogP contribution in [-0.2, 0) is 4.74 Å². The van der Waals surface area contributed by atoms with E-state index < -0.39 is 0 Å². The Morgan fingerprint density at radius 3 is 2.63 bits per heavy atom. The Morgan fingerprint density at radius 1 is 1.26 bits per heavy atom. The van der Waals surface area contributed by atoms with Crippen LogP contribution in [0.4, 0.5) is 0 Å². The van der Waals surface area contributed by atoms with Crippen molar-refractivity contribution < 1.29 is 9.53 Å². The molecule has 1 heterocycles. The number of ether oxygens (including phenoxy) is 1. The van der Waals surface area contributed by atoms with Crippen LogP contribution in [0.3, 0.4) is 0 Å². The minimum Gasteiger partial charge on any atom is -0.378 e. The first-order valence-corrected chi connectivity index (χ1v) is 8.09. The second-order valence-electron chi connectivity index (χ2n) is 4.69. The van der Waals surface area contributed by atoms with Gasteiger partial charge in [-0.05, 0) is 43.9 Å². The molecule has 104 valence electrons. The molecule has 0 radical (unpaired) electrons. The second-order valence-corrected chi connectivity index (χ2v) is 6.52. The van der Waals surface area contributed by atoms with Gasteiger partial charge in [0.05, 0.1) is 6.10 Å². The molecule has 1 aliphatic rings. The number of hydrogen-bond acceptors (Lipinski definition) is 2. The number of carbonyl (C=O) groups is 1. The molecule has 1 saturated heterocycles. The van der Waals surface area contributed by atoms with Crippen LogP contribution in [-0.4, -0.2) is 25.2 Å². The lowest BCUT2D eigenvalue weighted by molar-refractivity contribution is 0.0117. The molecule has 0 aromatic heterocycles. The van der Waals surface area contributed by atoms with Crippen LogP contribution >= 0.6 is 31.9 Å². The van der Waals surface area contributed by atoms with Crippen LogP contribution in [0.1, 0.15) is 36.0 Å². The Hall–Kier alpha value is -0.390. The van der Waals surface area contributed by atoms with Gasteiger partial charge < -0.3 is 10.1 Å². The fraction of sp³-hybridized carbons (Fsp3) is 0.500. The highest BCUT2D eigenvalue weighted by molar-refractivity contribution is 9.11. The van der Waals surface area contributed by atoms with E-state index in [1.807, 2.05) is 18.2 Å². The Balaban J connectivity index is 1.80. The van der Waals surface area contributed by atoms with Crippen molar-refractivity contribution in [1.29, 1.82) is 0 Å². The number of hydrogen-bond donors (Lipinski definition) is 1. The number of nitrogens with one attached hydrogen (secondary N) is 1. The summed E-state index contributed by atoms with van der Waals surface area (Å²) in [5.41, 5.74) is 0.658. The van der Waals surface area contributed by atoms with Gasteiger partial charge in [-0.3, -0.25) is 4.79 Å². The third-order valence-electron chi connectivity index (χ3n) is 3.15. The van der Waals surface area contributed by atoms with Crippen molar-refractivity contribution in [3.05, 3.63) is 32.7 Å². The zero-order valence-electron chi connectivity index (χ0n) is 10.6. The lowest BCUT2D eigenvalue weighted by atomic mass is 10.1. The molecule has 2 rings (SSSR count). The summed E-state index contributed by atoms with van der Waals surface area (Å²) in [5.74, 6) is -0.0437. The molecule has 1 aliphatic heterocycles. The predicted molar refractivity (Wildman–Crippen MR) is 82.4 cm³/mol. The highest BCUT2D eigenvalue weighted by atomic mass is 79.9. The van der Waals surface area contributed by atoms with Crippen molar-refractivity contribution in [3.63, 3.8) is 0 Å². The van der Waals surface area contributed by atoms with Crippen LogP contribution in [0.2, 0.25) is 0 Å². The van der Waals surface area contributed by atoms with E-state index in [1.165, 1.54) is 6.42 Å². The maximum atomic E-state index is 12.0. The first-order chi connectivity index (χ1) is 9.15. The Morgan fingerprint density at radius 2 is 2.00 bits per heavy atom. The molecule has 0 bridgehead atoms. The molecule has 1 atom stereocenters. The molecule has 0 saturated carbocycles. The average molecular weight is 391 g/mol. The predicted octanol–water partition coefficient (Wildman–Crippen LogP) is 3.90. The van der Waals surface area contributed by atoms with Crippen molar-refractivity contribution >= 4 is 37.8 Å². The third kappa shape index (κ3) is 4.89. The van der Waals surface area contributed by atoms with Crippen molar-refractivity contribution in [3.8, 4) is 0 Å². The summed E-state index contributed by atoms with van der Waals surface area (Å²) in [5, 5.41) is 2.94. The highest BCUT2D eigenvalue weighted by Gasteiger charge is 2.14. The summed E-state index contributed by atoms with van der Waals surface area (Å²) in [6, 6.07) is 5.54. The van der Waals surface area contributed by atoms with Gasteiger partial charge >= 0.3 is 0 Å². The molecule has 1 aromatic rings. The van der Waals surface area contributed by atoms with Gasteiger partial charge in [-0.1, -0.05) is 31.9 Å². The van der Waals surface area contributed by atoms with E-state index in [1.54, 1.807) is 0 Å². The van der Waals surface area contributed by atoms with Gasteiger partial charge in [-0.15, -0.1) is 0 Å². The monoisotopic (exact) mass is 389 g/mol. The van der Waals surface area contributed by atoms with E-state index in [2.05, 4.69) is 37.2 Å². The van der Waals surface area contributed by atoms with Gasteiger partial charge in [0.25, 0.3) is 5.91 Å². The molecule has 0 spiro atoms. The molecule has 1 amide bonds. The van der Waals surface area contributed by atoms with Crippen LogP contribution in [0.15, 0.2) is 27.1 Å². The number of rotatable bonds is 4. The quantitative estimate of drug-likeness (QED) is 0.846. The summed E-state index contributed by atoms with van der Waals surface area (Å²) in [7, 11) is 0. The largest absolute Gasteiger partial charge is 0.378 e. The third-order valence-corrected chi connectivity index (χ3v) is 4.07. The van der Waals surface area contributed by atoms with Crippen LogP contribution in [0.5, 0.6) is 0 Å². The van der Waals surface area contributed by atoms with Crippen molar-refractivity contribution in [2.75, 3.05) is 13.2 Å². The second kappa shape index (κ2) is 7.41. The van der Waals surface area contributed by atoms with Gasteiger partial charge in [-0.25, -0.2) is 0 Å². The topological polar surface area (TPSA) is 38.3 Å². The van der Waals surface area contributed by atoms with Crippen LogP contribution in [0, 0.1) is 0 Å². The number of benzene rings is 1. The highest BCUT2D eigenvalue weighted by Crippen LogP contribution is 2.20. The summed E-state index contributed by atoms with van der Waals surface area (Å²) < 4.78 is 7.42. The van der Waals surface area contributed by atoms with Gasteiger partial charge in [-0.2, -0.15) is 0 Å². The Bertz CT molecular complexity index is 425. The zero-order chi connectivity index (χ0) is 13.7. The minimum atomic E-state index is -0.0437. The molecule has 1 unspecified atom stereocenters. The molecule has 19 heavy (non-hydrogen) atoms. The molecule has 1 fully saturated rings. The van der Waals surface area contributed by atoms with E-state index in [9.17, 15) is 4.79 Å². The van der Waals surface area contributed by atoms with Crippen molar-refractivity contribution in [1.82, 2.24) is 5.32 Å². The SMILES string of the molecule is O=C(NCCC1CCCCO1)c1cc(Br)cc(Br)c1. The summed E-state index contributed by atoms with van der Waals surface area (Å²) in [6.45, 7) is 1.52. The first-order valence-electron chi connectivity index (χ1n) is 6.51. The minimum absolute atomic E-state index is 0.0437. The van der Waals surface area contributed by atoms with Gasteiger partial charge in [0.15, 0.2) is 0 Å². The first kappa shape index (κ1) is 15.0. The zero-order valence-corrected chi connectivity index (χ0v) is 13.8. The standard InChI is InChI=1S/C14H17Br2NO2/c15-11-7-10(8-12(16)9-11)14(18)17-5-4-13-3-1-2-6-19-13/h7-9,13H,1-6H2,(H,17,18). The van der Waals surface area contributed by atoms with E-state index in [0.29, 0.717) is 18.2 Å². The summed E-state index contributed by atoms with van der Waals surface area (Å²) in [6.07, 6.45) is 4.70. The number of amides is 1. The Labute approximate surface area is 130 Å². The maximum Gasteiger partial charge on any atom is 0.251 e. The molecular weight excluding hydrogens is 374 g/mol. The molecule has 0 aliphatic carbocycles. The fourth-order valence-electron chi connectivity index (χ4n) is 2.17. The lowest BCUT2D eigenvalue weighted by Crippen LogP contribution is -2.29. The molecule has 1 N–H and O–H groups in total. The van der Waals surface area contributed by atoms with Crippen molar-refractivity contribution in [2.45, 2.75) is 31.8 Å². The number of halogens is 2. The number of carbonyl (C=O) groups excluding carboxylic acids is 1. The lowest BCUT2D eigenvalue weighted by Gasteiger charge is -2.22. The van der Waals surface area contributed by atoms with Crippen LogP contribution in [0.25, 0.3) is 0 Å². The van der Waals surface area contributed by atoms with Gasteiger partial charge in [0, 0.05) is 27.7 Å². The van der Waals surface area contributed by atoms with Gasteiger partial charge in [0.1, 0.15) is 0 Å². The molecule has 1 aromatic carbocycles. The molecule has 3 nitrogen and oxygen atoms in total. The average Bonchev–Trinajstić information content (AvgIpc) is 2.38.